The highest BCUT2D eigenvalue weighted by atomic mass is 127. The van der Waals surface area contributed by atoms with Gasteiger partial charge in [-0.05, 0) is 24.1 Å². The monoisotopic (exact) mass is 441 g/mol. The SMILES string of the molecule is I.NC(=N[C@@H]1C[C@H]1c1ccc(Cl)c(F)c1)N1CCSCC1. The molecule has 0 radical (unpaired) electrons. The van der Waals surface area contributed by atoms with E-state index in [1.165, 1.54) is 6.07 Å². The van der Waals surface area contributed by atoms with Crippen molar-refractivity contribution >= 4 is 53.3 Å². The summed E-state index contributed by atoms with van der Waals surface area (Å²) < 4.78 is 13.4. The van der Waals surface area contributed by atoms with Gasteiger partial charge in [-0.25, -0.2) is 9.38 Å². The van der Waals surface area contributed by atoms with Crippen LogP contribution in [0.25, 0.3) is 0 Å². The van der Waals surface area contributed by atoms with Crippen LogP contribution >= 0.6 is 47.3 Å². The van der Waals surface area contributed by atoms with E-state index in [2.05, 4.69) is 9.89 Å². The number of benzene rings is 1. The fraction of sp³-hybridized carbons (Fsp3) is 0.500. The van der Waals surface area contributed by atoms with Crippen molar-refractivity contribution in [3.05, 3.63) is 34.6 Å². The van der Waals surface area contributed by atoms with Crippen LogP contribution in [-0.4, -0.2) is 41.5 Å². The van der Waals surface area contributed by atoms with Gasteiger partial charge in [0.05, 0.1) is 11.1 Å². The van der Waals surface area contributed by atoms with Gasteiger partial charge >= 0.3 is 0 Å². The summed E-state index contributed by atoms with van der Waals surface area (Å²) in [5, 5.41) is 0.166. The molecule has 1 saturated heterocycles. The highest BCUT2D eigenvalue weighted by Crippen LogP contribution is 2.44. The smallest absolute Gasteiger partial charge is 0.191 e. The molecule has 1 aromatic rings. The Labute approximate surface area is 150 Å². The number of halogens is 3. The first kappa shape index (κ1) is 17.1. The van der Waals surface area contributed by atoms with E-state index in [0.29, 0.717) is 5.96 Å². The molecule has 1 aliphatic carbocycles. The lowest BCUT2D eigenvalue weighted by Gasteiger charge is -2.27. The number of nitrogens with zero attached hydrogens (tertiary/aromatic N) is 2. The van der Waals surface area contributed by atoms with Crippen molar-refractivity contribution in [2.45, 2.75) is 18.4 Å². The molecule has 1 aromatic carbocycles. The molecule has 2 fully saturated rings. The van der Waals surface area contributed by atoms with Crippen LogP contribution in [0.2, 0.25) is 5.02 Å². The molecule has 2 aliphatic rings. The van der Waals surface area contributed by atoms with Crippen molar-refractivity contribution in [3.8, 4) is 0 Å². The molecule has 1 aliphatic heterocycles. The van der Waals surface area contributed by atoms with Gasteiger partial charge in [-0.3, -0.25) is 0 Å². The number of hydrogen-bond acceptors (Lipinski definition) is 2. The summed E-state index contributed by atoms with van der Waals surface area (Å²) in [6.45, 7) is 1.93. The number of nitrogens with two attached hydrogens (primary N) is 1. The van der Waals surface area contributed by atoms with E-state index < -0.39 is 0 Å². The molecule has 116 valence electrons. The zero-order valence-electron chi connectivity index (χ0n) is 11.5. The van der Waals surface area contributed by atoms with Crippen LogP contribution < -0.4 is 5.73 Å². The van der Waals surface area contributed by atoms with Crippen molar-refractivity contribution in [1.82, 2.24) is 4.90 Å². The highest BCUT2D eigenvalue weighted by molar-refractivity contribution is 14.0. The number of hydrogen-bond donors (Lipinski definition) is 1. The van der Waals surface area contributed by atoms with Crippen LogP contribution in [0.5, 0.6) is 0 Å². The molecule has 0 amide bonds. The Kier molecular flexibility index (Phi) is 6.02. The molecular formula is C14H18ClFIN3S. The van der Waals surface area contributed by atoms with Gasteiger partial charge in [0.25, 0.3) is 0 Å². The second kappa shape index (κ2) is 7.37. The van der Waals surface area contributed by atoms with E-state index in [1.54, 1.807) is 6.07 Å². The molecule has 1 saturated carbocycles. The maximum Gasteiger partial charge on any atom is 0.191 e. The van der Waals surface area contributed by atoms with Gasteiger partial charge in [0.1, 0.15) is 5.82 Å². The number of aliphatic imine (C=N–C) groups is 1. The Morgan fingerprint density at radius 2 is 2.10 bits per heavy atom. The van der Waals surface area contributed by atoms with E-state index in [-0.39, 0.29) is 46.8 Å². The van der Waals surface area contributed by atoms with Crippen molar-refractivity contribution < 1.29 is 4.39 Å². The minimum Gasteiger partial charge on any atom is -0.370 e. The lowest BCUT2D eigenvalue weighted by molar-refractivity contribution is 0.455. The van der Waals surface area contributed by atoms with Gasteiger partial charge in [0.15, 0.2) is 5.96 Å². The van der Waals surface area contributed by atoms with Crippen molar-refractivity contribution in [2.24, 2.45) is 10.7 Å². The third kappa shape index (κ3) is 4.16. The fourth-order valence-corrected chi connectivity index (χ4v) is 3.49. The number of rotatable bonds is 2. The maximum atomic E-state index is 13.4. The second-order valence-corrected chi connectivity index (χ2v) is 6.80. The van der Waals surface area contributed by atoms with Crippen molar-refractivity contribution in [2.75, 3.05) is 24.6 Å². The summed E-state index contributed by atoms with van der Waals surface area (Å²) in [7, 11) is 0. The molecule has 3 nitrogen and oxygen atoms in total. The largest absolute Gasteiger partial charge is 0.370 e. The topological polar surface area (TPSA) is 41.6 Å². The molecular weight excluding hydrogens is 424 g/mol. The molecule has 7 heteroatoms. The van der Waals surface area contributed by atoms with E-state index >= 15 is 0 Å². The first-order chi connectivity index (χ1) is 9.65. The Hall–Kier alpha value is -0.210. The molecule has 1 heterocycles. The van der Waals surface area contributed by atoms with Gasteiger partial charge in [-0.1, -0.05) is 17.7 Å². The Bertz CT molecular complexity index is 537. The predicted molar refractivity (Wildman–Crippen MR) is 98.5 cm³/mol. The molecule has 3 rings (SSSR count). The molecule has 0 spiro atoms. The van der Waals surface area contributed by atoms with E-state index in [0.717, 1.165) is 36.6 Å². The normalized spacial score (nSPS) is 25.4. The summed E-state index contributed by atoms with van der Waals surface area (Å²) in [6, 6.07) is 5.18. The Morgan fingerprint density at radius 1 is 1.38 bits per heavy atom. The average molecular weight is 442 g/mol. The van der Waals surface area contributed by atoms with Crippen LogP contribution in [0, 0.1) is 5.82 Å². The molecule has 0 unspecified atom stereocenters. The van der Waals surface area contributed by atoms with E-state index in [4.69, 9.17) is 17.3 Å². The zero-order valence-corrected chi connectivity index (χ0v) is 15.4. The standard InChI is InChI=1S/C14H17ClFN3S.HI/c15-11-2-1-9(7-12(11)16)10-8-13(10)18-14(17)19-3-5-20-6-4-19;/h1-2,7,10,13H,3-6,8H2,(H2,17,18);1H/t10-,13+;/m0./s1. The third-order valence-electron chi connectivity index (χ3n) is 3.76. The van der Waals surface area contributed by atoms with Crippen molar-refractivity contribution in [1.29, 1.82) is 0 Å². The van der Waals surface area contributed by atoms with Gasteiger partial charge in [-0.2, -0.15) is 11.8 Å². The predicted octanol–water partition coefficient (Wildman–Crippen LogP) is 3.32. The van der Waals surface area contributed by atoms with Gasteiger partial charge < -0.3 is 10.6 Å². The lowest BCUT2D eigenvalue weighted by atomic mass is 10.1. The van der Waals surface area contributed by atoms with Crippen LogP contribution in [0.3, 0.4) is 0 Å². The number of guanidine groups is 1. The van der Waals surface area contributed by atoms with Gasteiger partial charge in [0.2, 0.25) is 0 Å². The average Bonchev–Trinajstić information content (AvgIpc) is 3.22. The molecule has 0 bridgehead atoms. The molecule has 2 N–H and O–H groups in total. The van der Waals surface area contributed by atoms with E-state index in [9.17, 15) is 4.39 Å². The van der Waals surface area contributed by atoms with Crippen LogP contribution in [0.4, 0.5) is 4.39 Å². The van der Waals surface area contributed by atoms with Crippen LogP contribution in [0.15, 0.2) is 23.2 Å². The van der Waals surface area contributed by atoms with Crippen LogP contribution in [-0.2, 0) is 0 Å². The molecule has 2 atom stereocenters. The quantitative estimate of drug-likeness (QED) is 0.435. The summed E-state index contributed by atoms with van der Waals surface area (Å²) in [5.74, 6) is 2.76. The first-order valence-electron chi connectivity index (χ1n) is 6.76. The van der Waals surface area contributed by atoms with E-state index in [1.807, 2.05) is 17.8 Å². The minimum absolute atomic E-state index is 0. The summed E-state index contributed by atoms with van der Waals surface area (Å²) in [5.41, 5.74) is 7.02. The van der Waals surface area contributed by atoms with Crippen molar-refractivity contribution in [3.63, 3.8) is 0 Å². The van der Waals surface area contributed by atoms with Crippen LogP contribution in [0.1, 0.15) is 17.9 Å². The van der Waals surface area contributed by atoms with Gasteiger partial charge in [0, 0.05) is 30.5 Å². The molecule has 21 heavy (non-hydrogen) atoms. The fourth-order valence-electron chi connectivity index (χ4n) is 2.47. The second-order valence-electron chi connectivity index (χ2n) is 5.17. The Morgan fingerprint density at radius 3 is 2.76 bits per heavy atom. The van der Waals surface area contributed by atoms with Gasteiger partial charge in [-0.15, -0.1) is 24.0 Å². The minimum atomic E-state index is -0.361. The lowest BCUT2D eigenvalue weighted by Crippen LogP contribution is -2.42. The highest BCUT2D eigenvalue weighted by Gasteiger charge is 2.39. The number of thioether (sulfide) groups is 1. The Balaban J connectivity index is 0.00000161. The summed E-state index contributed by atoms with van der Waals surface area (Å²) in [6.07, 6.45) is 0.935. The summed E-state index contributed by atoms with van der Waals surface area (Å²) in [4.78, 5) is 6.71. The maximum absolute atomic E-state index is 13.4. The first-order valence-corrected chi connectivity index (χ1v) is 8.29. The third-order valence-corrected chi connectivity index (χ3v) is 5.01. The molecule has 0 aromatic heterocycles. The summed E-state index contributed by atoms with van der Waals surface area (Å²) >= 11 is 7.64. The zero-order chi connectivity index (χ0) is 14.1.